The molecule has 0 bridgehead atoms. The summed E-state index contributed by atoms with van der Waals surface area (Å²) in [6, 6.07) is 2.86. The summed E-state index contributed by atoms with van der Waals surface area (Å²) >= 11 is 6.06. The quantitative estimate of drug-likeness (QED) is 0.816. The van der Waals surface area contributed by atoms with Gasteiger partial charge in [0.15, 0.2) is 0 Å². The molecule has 0 saturated carbocycles. The average Bonchev–Trinajstić information content (AvgIpc) is 2.33. The van der Waals surface area contributed by atoms with E-state index in [0.29, 0.717) is 11.2 Å². The molecule has 0 aliphatic carbocycles. The number of halogens is 1. The van der Waals surface area contributed by atoms with Gasteiger partial charge >= 0.3 is 0 Å². The van der Waals surface area contributed by atoms with Crippen molar-refractivity contribution >= 4 is 17.3 Å². The number of nitrogens with one attached hydrogen (secondary N) is 1. The Kier molecular flexibility index (Phi) is 2.97. The van der Waals surface area contributed by atoms with E-state index >= 15 is 0 Å². The zero-order valence-electron chi connectivity index (χ0n) is 10.1. The number of anilines is 1. The van der Waals surface area contributed by atoms with E-state index in [-0.39, 0.29) is 0 Å². The smallest absolute Gasteiger partial charge is 0.132 e. The van der Waals surface area contributed by atoms with Gasteiger partial charge in [0.25, 0.3) is 0 Å². The highest BCUT2D eigenvalue weighted by Crippen LogP contribution is 2.35. The number of rotatable bonds is 2. The van der Waals surface area contributed by atoms with Gasteiger partial charge in [0.1, 0.15) is 5.15 Å². The van der Waals surface area contributed by atoms with Crippen molar-refractivity contribution in [2.45, 2.75) is 25.8 Å². The van der Waals surface area contributed by atoms with E-state index in [0.717, 1.165) is 24.4 Å². The van der Waals surface area contributed by atoms with Crippen molar-refractivity contribution < 1.29 is 0 Å². The van der Waals surface area contributed by atoms with Crippen LogP contribution in [0.1, 0.15) is 18.9 Å². The molecule has 0 amide bonds. The maximum atomic E-state index is 6.06. The van der Waals surface area contributed by atoms with Crippen molar-refractivity contribution in [1.29, 1.82) is 0 Å². The van der Waals surface area contributed by atoms with Gasteiger partial charge < -0.3 is 10.2 Å². The summed E-state index contributed by atoms with van der Waals surface area (Å²) in [7, 11) is 0. The first-order valence-electron chi connectivity index (χ1n) is 6.41. The topological polar surface area (TPSA) is 28.2 Å². The van der Waals surface area contributed by atoms with Crippen LogP contribution in [-0.4, -0.2) is 30.7 Å². The van der Waals surface area contributed by atoms with E-state index in [4.69, 9.17) is 11.6 Å². The molecule has 2 aliphatic rings. The van der Waals surface area contributed by atoms with Gasteiger partial charge in [-0.2, -0.15) is 0 Å². The lowest BCUT2D eigenvalue weighted by Crippen LogP contribution is -2.63. The summed E-state index contributed by atoms with van der Waals surface area (Å²) in [4.78, 5) is 6.75. The molecule has 3 rings (SSSR count). The van der Waals surface area contributed by atoms with E-state index < -0.39 is 0 Å². The predicted molar refractivity (Wildman–Crippen MR) is 70.7 cm³/mol. The molecule has 2 atom stereocenters. The molecule has 1 aromatic heterocycles. The minimum Gasteiger partial charge on any atom is -0.365 e. The first-order valence-corrected chi connectivity index (χ1v) is 6.79. The summed E-state index contributed by atoms with van der Waals surface area (Å²) in [5.41, 5.74) is 2.38. The fourth-order valence-corrected chi connectivity index (χ4v) is 3.14. The summed E-state index contributed by atoms with van der Waals surface area (Å²) in [6.45, 7) is 5.58. The normalized spacial score (nSPS) is 27.5. The third-order valence-corrected chi connectivity index (χ3v) is 4.37. The lowest BCUT2D eigenvalue weighted by molar-refractivity contribution is 0.229. The highest BCUT2D eigenvalue weighted by Gasteiger charge is 2.40. The minimum atomic E-state index is 0.648. The van der Waals surface area contributed by atoms with Gasteiger partial charge in [0.05, 0.1) is 11.9 Å². The Morgan fingerprint density at radius 1 is 1.59 bits per heavy atom. The molecule has 2 aliphatic heterocycles. The lowest BCUT2D eigenvalue weighted by Gasteiger charge is -2.52. The van der Waals surface area contributed by atoms with Gasteiger partial charge in [0.2, 0.25) is 0 Å². The number of hydrogen-bond acceptors (Lipinski definition) is 3. The van der Waals surface area contributed by atoms with Gasteiger partial charge in [-0.05, 0) is 36.9 Å². The van der Waals surface area contributed by atoms with E-state index in [1.54, 1.807) is 0 Å². The van der Waals surface area contributed by atoms with Crippen LogP contribution in [0, 0.1) is 5.92 Å². The molecule has 0 radical (unpaired) electrons. The van der Waals surface area contributed by atoms with Crippen LogP contribution in [0.15, 0.2) is 12.3 Å². The highest BCUT2D eigenvalue weighted by atomic mass is 35.5. The van der Waals surface area contributed by atoms with E-state index in [9.17, 15) is 0 Å². The summed E-state index contributed by atoms with van der Waals surface area (Å²) in [6.07, 6.45) is 4.16. The molecule has 2 saturated heterocycles. The number of piperidine rings is 1. The second kappa shape index (κ2) is 4.46. The van der Waals surface area contributed by atoms with Crippen LogP contribution in [0.2, 0.25) is 5.15 Å². The van der Waals surface area contributed by atoms with E-state index in [2.05, 4.69) is 28.2 Å². The predicted octanol–water partition coefficient (Wildman–Crippen LogP) is 2.10. The van der Waals surface area contributed by atoms with Gasteiger partial charge in [-0.25, -0.2) is 4.98 Å². The second-order valence-corrected chi connectivity index (χ2v) is 5.33. The molecule has 3 nitrogen and oxygen atoms in total. The molecule has 17 heavy (non-hydrogen) atoms. The fraction of sp³-hybridized carbons (Fsp3) is 0.615. The first-order chi connectivity index (χ1) is 8.29. The summed E-state index contributed by atoms with van der Waals surface area (Å²) < 4.78 is 0. The van der Waals surface area contributed by atoms with E-state index in [1.807, 2.05) is 6.20 Å². The third-order valence-electron chi connectivity index (χ3n) is 4.03. The largest absolute Gasteiger partial charge is 0.365 e. The number of pyridine rings is 1. The van der Waals surface area contributed by atoms with Crippen LogP contribution in [-0.2, 0) is 6.42 Å². The van der Waals surface area contributed by atoms with Gasteiger partial charge in [-0.15, -0.1) is 0 Å². The van der Waals surface area contributed by atoms with Gasteiger partial charge in [-0.3, -0.25) is 0 Å². The monoisotopic (exact) mass is 251 g/mol. The number of hydrogen-bond donors (Lipinski definition) is 1. The molecule has 2 fully saturated rings. The molecule has 0 aromatic carbocycles. The maximum absolute atomic E-state index is 6.06. The lowest BCUT2D eigenvalue weighted by atomic mass is 9.83. The minimum absolute atomic E-state index is 0.648. The molecule has 1 N–H and O–H groups in total. The standard InChI is InChI=1S/C13H18ClN3/c1-2-9-5-11(6-16-13(9)14)17-8-10-3-4-15-7-12(10)17/h5-6,10,12,15H,2-4,7-8H2,1H3/t10-,12-/m0/s1. The maximum Gasteiger partial charge on any atom is 0.132 e. The SMILES string of the molecule is CCc1cc(N2C[C@@H]3CCNC[C@@H]32)cnc1Cl. The van der Waals surface area contributed by atoms with E-state index in [1.165, 1.54) is 25.2 Å². The second-order valence-electron chi connectivity index (χ2n) is 4.97. The Bertz CT molecular complexity index is 421. The number of aryl methyl sites for hydroxylation is 1. The molecule has 0 spiro atoms. The number of fused-ring (bicyclic) bond motifs is 1. The summed E-state index contributed by atoms with van der Waals surface area (Å²) in [5, 5.41) is 4.12. The molecule has 3 heterocycles. The molecular weight excluding hydrogens is 234 g/mol. The fourth-order valence-electron chi connectivity index (χ4n) is 2.91. The number of aromatic nitrogens is 1. The zero-order chi connectivity index (χ0) is 11.8. The molecule has 92 valence electrons. The molecule has 1 aromatic rings. The van der Waals surface area contributed by atoms with Crippen molar-refractivity contribution in [3.8, 4) is 0 Å². The molecule has 0 unspecified atom stereocenters. The Labute approximate surface area is 107 Å². The van der Waals surface area contributed by atoms with Crippen molar-refractivity contribution in [2.24, 2.45) is 5.92 Å². The Balaban J connectivity index is 1.81. The third kappa shape index (κ3) is 1.91. The van der Waals surface area contributed by atoms with Crippen molar-refractivity contribution in [1.82, 2.24) is 10.3 Å². The van der Waals surface area contributed by atoms with Gasteiger partial charge in [0, 0.05) is 19.1 Å². The Morgan fingerprint density at radius 3 is 3.24 bits per heavy atom. The van der Waals surface area contributed by atoms with Crippen LogP contribution in [0.5, 0.6) is 0 Å². The van der Waals surface area contributed by atoms with Crippen LogP contribution < -0.4 is 10.2 Å². The average molecular weight is 252 g/mol. The van der Waals surface area contributed by atoms with Crippen molar-refractivity contribution in [2.75, 3.05) is 24.5 Å². The van der Waals surface area contributed by atoms with Crippen LogP contribution in [0.4, 0.5) is 5.69 Å². The van der Waals surface area contributed by atoms with Crippen LogP contribution in [0.3, 0.4) is 0 Å². The van der Waals surface area contributed by atoms with Gasteiger partial charge in [-0.1, -0.05) is 18.5 Å². The molecule has 4 heteroatoms. The summed E-state index contributed by atoms with van der Waals surface area (Å²) in [5.74, 6) is 0.872. The van der Waals surface area contributed by atoms with Crippen molar-refractivity contribution in [3.63, 3.8) is 0 Å². The van der Waals surface area contributed by atoms with Crippen molar-refractivity contribution in [3.05, 3.63) is 23.0 Å². The first kappa shape index (κ1) is 11.3. The van der Waals surface area contributed by atoms with Crippen LogP contribution in [0.25, 0.3) is 0 Å². The zero-order valence-corrected chi connectivity index (χ0v) is 10.9. The Hall–Kier alpha value is -0.800. The Morgan fingerprint density at radius 2 is 2.47 bits per heavy atom. The highest BCUT2D eigenvalue weighted by molar-refractivity contribution is 6.30. The van der Waals surface area contributed by atoms with Crippen LogP contribution >= 0.6 is 11.6 Å². The number of nitrogens with zero attached hydrogens (tertiary/aromatic N) is 2. The molecular formula is C13H18ClN3.